The van der Waals surface area contributed by atoms with Gasteiger partial charge in [-0.1, -0.05) is 48.9 Å². The number of methoxy groups -OCH3 is 2. The molecule has 1 atom stereocenters. The van der Waals surface area contributed by atoms with Crippen molar-refractivity contribution in [3.63, 3.8) is 0 Å². The first-order chi connectivity index (χ1) is 19.0. The van der Waals surface area contributed by atoms with Crippen molar-refractivity contribution in [2.45, 2.75) is 25.7 Å². The number of amides is 1. The van der Waals surface area contributed by atoms with Crippen molar-refractivity contribution in [3.05, 3.63) is 89.4 Å². The number of halogens is 1. The van der Waals surface area contributed by atoms with E-state index in [0.717, 1.165) is 22.2 Å². The summed E-state index contributed by atoms with van der Waals surface area (Å²) in [5.41, 5.74) is 4.29. The second-order valence-electron chi connectivity index (χ2n) is 9.21. The fourth-order valence-electron chi connectivity index (χ4n) is 4.51. The lowest BCUT2D eigenvalue weighted by Gasteiger charge is -2.12. The highest BCUT2D eigenvalue weighted by Crippen LogP contribution is 2.34. The predicted octanol–water partition coefficient (Wildman–Crippen LogP) is 6.20. The fourth-order valence-corrected chi connectivity index (χ4v) is 4.63. The Bertz CT molecular complexity index is 1590. The van der Waals surface area contributed by atoms with Gasteiger partial charge < -0.3 is 19.2 Å². The Kier molecular flexibility index (Phi) is 7.84. The van der Waals surface area contributed by atoms with Gasteiger partial charge in [-0.2, -0.15) is 4.98 Å². The number of carbonyl (C=O) groups excluding carboxylic acids is 1. The summed E-state index contributed by atoms with van der Waals surface area (Å²) < 4.78 is 18.8. The van der Waals surface area contributed by atoms with Gasteiger partial charge in [-0.3, -0.25) is 9.36 Å². The van der Waals surface area contributed by atoms with Crippen LogP contribution in [-0.2, 0) is 11.2 Å². The van der Waals surface area contributed by atoms with Crippen LogP contribution in [0.25, 0.3) is 28.3 Å². The van der Waals surface area contributed by atoms with Crippen LogP contribution in [-0.4, -0.2) is 41.2 Å². The summed E-state index contributed by atoms with van der Waals surface area (Å²) in [5.74, 6) is 1.66. The highest BCUT2D eigenvalue weighted by atomic mass is 35.5. The molecule has 0 saturated heterocycles. The molecular weight excluding hydrogens is 516 g/mol. The van der Waals surface area contributed by atoms with Crippen LogP contribution in [0.2, 0.25) is 5.02 Å². The number of hydrogen-bond donors (Lipinski definition) is 1. The minimum atomic E-state index is -0.229. The van der Waals surface area contributed by atoms with Crippen LogP contribution < -0.4 is 14.8 Å². The third-order valence-electron chi connectivity index (χ3n) is 6.54. The number of nitrogens with zero attached hydrogens (tertiary/aromatic N) is 3. The molecule has 0 aliphatic rings. The Labute approximate surface area is 231 Å². The van der Waals surface area contributed by atoms with Crippen LogP contribution in [0, 0.1) is 0 Å². The molecule has 2 aromatic heterocycles. The van der Waals surface area contributed by atoms with Gasteiger partial charge in [0.05, 0.1) is 25.3 Å². The molecule has 1 N–H and O–H groups in total. The molecule has 1 amide bonds. The zero-order valence-electron chi connectivity index (χ0n) is 22.0. The number of fused-ring (bicyclic) bond motifs is 1. The Balaban J connectivity index is 1.33. The molecular formula is C30H29ClN4O4. The summed E-state index contributed by atoms with van der Waals surface area (Å²) in [6, 6.07) is 21.3. The highest BCUT2D eigenvalue weighted by molar-refractivity contribution is 6.30. The number of ether oxygens (including phenoxy) is 2. The van der Waals surface area contributed by atoms with Crippen LogP contribution in [0.3, 0.4) is 0 Å². The molecule has 9 heteroatoms. The zero-order chi connectivity index (χ0) is 27.4. The maximum absolute atomic E-state index is 12.9. The van der Waals surface area contributed by atoms with E-state index < -0.39 is 0 Å². The SMILES string of the molecule is COc1ccc(CCNC(=O)CC(C)c2oc(-n3cnc4ccccc43)nc2-c2ccc(Cl)cc2)cc1OC. The molecule has 8 nitrogen and oxygen atoms in total. The second-order valence-corrected chi connectivity index (χ2v) is 9.65. The zero-order valence-corrected chi connectivity index (χ0v) is 22.7. The first-order valence-electron chi connectivity index (χ1n) is 12.6. The topological polar surface area (TPSA) is 91.4 Å². The van der Waals surface area contributed by atoms with Crippen LogP contribution in [0.5, 0.6) is 11.5 Å². The average molecular weight is 545 g/mol. The molecule has 3 aromatic carbocycles. The van der Waals surface area contributed by atoms with Crippen LogP contribution in [0.4, 0.5) is 0 Å². The van der Waals surface area contributed by atoms with Crippen molar-refractivity contribution in [3.8, 4) is 28.8 Å². The van der Waals surface area contributed by atoms with Crippen LogP contribution >= 0.6 is 11.6 Å². The molecule has 200 valence electrons. The van der Waals surface area contributed by atoms with Crippen LogP contribution in [0.1, 0.15) is 30.6 Å². The van der Waals surface area contributed by atoms with E-state index in [9.17, 15) is 4.79 Å². The minimum absolute atomic E-state index is 0.0731. The Morgan fingerprint density at radius 2 is 1.82 bits per heavy atom. The van der Waals surface area contributed by atoms with Gasteiger partial charge in [-0.15, -0.1) is 0 Å². The largest absolute Gasteiger partial charge is 0.493 e. The summed E-state index contributed by atoms with van der Waals surface area (Å²) in [6.45, 7) is 2.46. The third kappa shape index (κ3) is 5.76. The lowest BCUT2D eigenvalue weighted by Crippen LogP contribution is -2.26. The first-order valence-corrected chi connectivity index (χ1v) is 13.0. The number of carbonyl (C=O) groups is 1. The lowest BCUT2D eigenvalue weighted by molar-refractivity contribution is -0.121. The van der Waals surface area contributed by atoms with Crippen molar-refractivity contribution < 1.29 is 18.7 Å². The number of rotatable bonds is 10. The number of imidazole rings is 1. The van der Waals surface area contributed by atoms with Crippen LogP contribution in [0.15, 0.2) is 77.5 Å². The summed E-state index contributed by atoms with van der Waals surface area (Å²) in [4.78, 5) is 22.2. The van der Waals surface area contributed by atoms with Gasteiger partial charge in [0, 0.05) is 29.5 Å². The monoisotopic (exact) mass is 544 g/mol. The van der Waals surface area contributed by atoms with E-state index >= 15 is 0 Å². The van der Waals surface area contributed by atoms with Gasteiger partial charge in [-0.05, 0) is 48.4 Å². The van der Waals surface area contributed by atoms with Crippen molar-refractivity contribution in [2.75, 3.05) is 20.8 Å². The number of nitrogens with one attached hydrogen (secondary N) is 1. The Hall–Kier alpha value is -4.30. The van der Waals surface area contributed by atoms with E-state index in [0.29, 0.717) is 47.0 Å². The molecule has 0 aliphatic carbocycles. The molecule has 5 rings (SSSR count). The second kappa shape index (κ2) is 11.6. The Morgan fingerprint density at radius 3 is 2.59 bits per heavy atom. The molecule has 0 bridgehead atoms. The fraction of sp³-hybridized carbons (Fsp3) is 0.233. The molecule has 0 fully saturated rings. The maximum atomic E-state index is 12.9. The molecule has 0 spiro atoms. The molecule has 0 radical (unpaired) electrons. The van der Waals surface area contributed by atoms with Gasteiger partial charge in [0.25, 0.3) is 0 Å². The molecule has 39 heavy (non-hydrogen) atoms. The molecule has 5 aromatic rings. The average Bonchev–Trinajstić information content (AvgIpc) is 3.58. The quantitative estimate of drug-likeness (QED) is 0.225. The van der Waals surface area contributed by atoms with E-state index in [1.807, 2.05) is 78.2 Å². The first kappa shape index (κ1) is 26.3. The van der Waals surface area contributed by atoms with Crippen molar-refractivity contribution in [2.24, 2.45) is 0 Å². The number of hydrogen-bond acceptors (Lipinski definition) is 6. The van der Waals surface area contributed by atoms with E-state index in [2.05, 4.69) is 10.3 Å². The summed E-state index contributed by atoms with van der Waals surface area (Å²) >= 11 is 6.12. The number of para-hydroxylation sites is 2. The van der Waals surface area contributed by atoms with Crippen molar-refractivity contribution in [1.29, 1.82) is 0 Å². The van der Waals surface area contributed by atoms with Gasteiger partial charge in [0.1, 0.15) is 17.8 Å². The van der Waals surface area contributed by atoms with E-state index in [1.54, 1.807) is 20.5 Å². The van der Waals surface area contributed by atoms with Gasteiger partial charge >= 0.3 is 6.01 Å². The van der Waals surface area contributed by atoms with E-state index in [4.69, 9.17) is 30.5 Å². The minimum Gasteiger partial charge on any atom is -0.493 e. The summed E-state index contributed by atoms with van der Waals surface area (Å²) in [5, 5.41) is 3.65. The molecule has 1 unspecified atom stereocenters. The number of oxazole rings is 1. The molecule has 0 saturated carbocycles. The third-order valence-corrected chi connectivity index (χ3v) is 6.79. The van der Waals surface area contributed by atoms with Gasteiger partial charge in [-0.25, -0.2) is 4.98 Å². The summed E-state index contributed by atoms with van der Waals surface area (Å²) in [6.07, 6.45) is 2.60. The predicted molar refractivity (Wildman–Crippen MR) is 151 cm³/mol. The highest BCUT2D eigenvalue weighted by Gasteiger charge is 2.24. The lowest BCUT2D eigenvalue weighted by atomic mass is 9.99. The smallest absolute Gasteiger partial charge is 0.308 e. The number of aromatic nitrogens is 3. The molecule has 0 aliphatic heterocycles. The normalized spacial score (nSPS) is 11.9. The van der Waals surface area contributed by atoms with E-state index in [1.165, 1.54) is 0 Å². The maximum Gasteiger partial charge on any atom is 0.308 e. The van der Waals surface area contributed by atoms with Crippen molar-refractivity contribution >= 4 is 28.5 Å². The molecule has 2 heterocycles. The number of benzene rings is 3. The Morgan fingerprint density at radius 1 is 1.05 bits per heavy atom. The van der Waals surface area contributed by atoms with Gasteiger partial charge in [0.2, 0.25) is 5.91 Å². The van der Waals surface area contributed by atoms with Gasteiger partial charge in [0.15, 0.2) is 11.5 Å². The standard InChI is InChI=1S/C30H29ClN4O4/c1-19(16-27(36)32-15-14-20-8-13-25(37-2)26(17-20)38-3)29-28(21-9-11-22(31)12-10-21)34-30(39-29)35-18-33-23-6-4-5-7-24(23)35/h4-13,17-19H,14-16H2,1-3H3,(H,32,36). The van der Waals surface area contributed by atoms with E-state index in [-0.39, 0.29) is 18.2 Å². The summed E-state index contributed by atoms with van der Waals surface area (Å²) in [7, 11) is 3.21. The van der Waals surface area contributed by atoms with Crippen molar-refractivity contribution in [1.82, 2.24) is 19.9 Å².